The fraction of sp³-hybridized carbons (Fsp3) is 0.282. The van der Waals surface area contributed by atoms with Crippen LogP contribution in [0.3, 0.4) is 0 Å². The highest BCUT2D eigenvalue weighted by atomic mass is 14.1. The van der Waals surface area contributed by atoms with Crippen molar-refractivity contribution in [1.29, 1.82) is 0 Å². The van der Waals surface area contributed by atoms with Gasteiger partial charge < -0.3 is 0 Å². The lowest BCUT2D eigenvalue weighted by Gasteiger charge is -2.07. The second-order valence-electron chi connectivity index (χ2n) is 10.3. The van der Waals surface area contributed by atoms with E-state index in [1.165, 1.54) is 59.9 Å². The molecule has 39 heavy (non-hydrogen) atoms. The van der Waals surface area contributed by atoms with E-state index < -0.39 is 0 Å². The van der Waals surface area contributed by atoms with Crippen molar-refractivity contribution >= 4 is 0 Å². The van der Waals surface area contributed by atoms with Crippen LogP contribution in [-0.2, 0) is 19.3 Å². The Labute approximate surface area is 236 Å². The van der Waals surface area contributed by atoms with Gasteiger partial charge in [0.2, 0.25) is 0 Å². The molecule has 0 unspecified atom stereocenters. The third kappa shape index (κ3) is 8.50. The molecule has 0 saturated heterocycles. The Morgan fingerprint density at radius 2 is 1.00 bits per heavy atom. The van der Waals surface area contributed by atoms with E-state index in [4.69, 9.17) is 0 Å². The van der Waals surface area contributed by atoms with Crippen LogP contribution in [0.2, 0.25) is 0 Å². The fourth-order valence-electron chi connectivity index (χ4n) is 4.77. The van der Waals surface area contributed by atoms with Gasteiger partial charge in [-0.2, -0.15) is 0 Å². The molecule has 0 spiro atoms. The minimum absolute atomic E-state index is 0.953. The summed E-state index contributed by atoms with van der Waals surface area (Å²) in [6.07, 6.45) is 9.61. The number of unbranched alkanes of at least 4 members (excludes halogenated alkanes) is 3. The maximum absolute atomic E-state index is 3.40. The summed E-state index contributed by atoms with van der Waals surface area (Å²) in [5, 5.41) is 0. The molecule has 0 nitrogen and oxygen atoms in total. The molecule has 0 saturated carbocycles. The highest BCUT2D eigenvalue weighted by Crippen LogP contribution is 2.23. The molecule has 4 rings (SSSR count). The smallest absolute Gasteiger partial charge is 0.0281 e. The lowest BCUT2D eigenvalue weighted by atomic mass is 9.97. The summed E-state index contributed by atoms with van der Waals surface area (Å²) in [4.78, 5) is 0. The molecule has 0 N–H and O–H groups in total. The number of rotatable bonds is 9. The molecule has 0 aliphatic carbocycles. The zero-order valence-corrected chi connectivity index (χ0v) is 23.8. The van der Waals surface area contributed by atoms with Gasteiger partial charge in [0.15, 0.2) is 0 Å². The van der Waals surface area contributed by atoms with Gasteiger partial charge in [-0.15, -0.1) is 0 Å². The first-order chi connectivity index (χ1) is 19.2. The molecule has 0 heterocycles. The predicted molar refractivity (Wildman–Crippen MR) is 168 cm³/mol. The summed E-state index contributed by atoms with van der Waals surface area (Å²) < 4.78 is 0. The average molecular weight is 509 g/mol. The summed E-state index contributed by atoms with van der Waals surface area (Å²) in [6, 6.07) is 32.6. The molecule has 0 amide bonds. The van der Waals surface area contributed by atoms with Gasteiger partial charge >= 0.3 is 0 Å². The van der Waals surface area contributed by atoms with E-state index in [1.807, 2.05) is 0 Å². The summed E-state index contributed by atoms with van der Waals surface area (Å²) >= 11 is 0. The third-order valence-corrected chi connectivity index (χ3v) is 7.16. The van der Waals surface area contributed by atoms with Crippen molar-refractivity contribution < 1.29 is 0 Å². The molecule has 4 aromatic carbocycles. The van der Waals surface area contributed by atoms with Crippen LogP contribution in [0.5, 0.6) is 0 Å². The van der Waals surface area contributed by atoms with Crippen LogP contribution in [0, 0.1) is 23.7 Å². The zero-order valence-electron chi connectivity index (χ0n) is 23.8. The van der Waals surface area contributed by atoms with Crippen LogP contribution in [0.4, 0.5) is 0 Å². The first kappa shape index (κ1) is 28.0. The van der Waals surface area contributed by atoms with E-state index in [1.54, 1.807) is 0 Å². The molecule has 0 radical (unpaired) electrons. The predicted octanol–water partition coefficient (Wildman–Crippen LogP) is 9.79. The Bertz CT molecular complexity index is 1440. The van der Waals surface area contributed by atoms with E-state index in [9.17, 15) is 0 Å². The van der Waals surface area contributed by atoms with Gasteiger partial charge in [-0.25, -0.2) is 0 Å². The van der Waals surface area contributed by atoms with Crippen LogP contribution in [0.25, 0.3) is 11.1 Å². The highest BCUT2D eigenvalue weighted by molar-refractivity contribution is 5.67. The van der Waals surface area contributed by atoms with Gasteiger partial charge in [0.25, 0.3) is 0 Å². The number of benzene rings is 4. The maximum Gasteiger partial charge on any atom is 0.0281 e. The summed E-state index contributed by atoms with van der Waals surface area (Å²) in [6.45, 7) is 6.66. The Kier molecular flexibility index (Phi) is 10.6. The molecule has 0 aliphatic rings. The van der Waals surface area contributed by atoms with E-state index in [2.05, 4.69) is 135 Å². The standard InChI is InChI=1S/C39H40/c1-4-7-8-9-11-32-14-18-33(19-15-32)20-21-35-23-26-38(27-24-35)39-29-28-37(36(6-3)30-39)25-22-34-16-12-31(10-5-2)13-17-34/h12-19,23-24,26-30H,4-11H2,1-3H3. The van der Waals surface area contributed by atoms with Crippen molar-refractivity contribution in [2.75, 3.05) is 0 Å². The highest BCUT2D eigenvalue weighted by Gasteiger charge is 2.04. The third-order valence-electron chi connectivity index (χ3n) is 7.16. The topological polar surface area (TPSA) is 0 Å². The van der Waals surface area contributed by atoms with Crippen molar-refractivity contribution in [2.24, 2.45) is 0 Å². The van der Waals surface area contributed by atoms with Crippen molar-refractivity contribution in [3.63, 3.8) is 0 Å². The fourth-order valence-corrected chi connectivity index (χ4v) is 4.77. The first-order valence-corrected chi connectivity index (χ1v) is 14.6. The minimum atomic E-state index is 0.953. The average Bonchev–Trinajstić information content (AvgIpc) is 2.99. The molecule has 0 heteroatoms. The van der Waals surface area contributed by atoms with Crippen molar-refractivity contribution in [3.8, 4) is 34.8 Å². The zero-order chi connectivity index (χ0) is 27.3. The SMILES string of the molecule is CCCCCCc1ccc(C#Cc2ccc(-c3ccc(C#Cc4ccc(CCC)cc4)c(CC)c3)cc2)cc1. The van der Waals surface area contributed by atoms with E-state index >= 15 is 0 Å². The van der Waals surface area contributed by atoms with Crippen molar-refractivity contribution in [2.45, 2.75) is 72.1 Å². The number of hydrogen-bond acceptors (Lipinski definition) is 0. The first-order valence-electron chi connectivity index (χ1n) is 14.6. The Morgan fingerprint density at radius 1 is 0.462 bits per heavy atom. The summed E-state index contributed by atoms with van der Waals surface area (Å²) in [5.41, 5.74) is 10.8. The van der Waals surface area contributed by atoms with E-state index in [0.29, 0.717) is 0 Å². The van der Waals surface area contributed by atoms with E-state index in [0.717, 1.165) is 41.5 Å². The van der Waals surface area contributed by atoms with Crippen LogP contribution < -0.4 is 0 Å². The van der Waals surface area contributed by atoms with Crippen LogP contribution in [0.1, 0.15) is 91.8 Å². The monoisotopic (exact) mass is 508 g/mol. The normalized spacial score (nSPS) is 10.3. The van der Waals surface area contributed by atoms with Crippen LogP contribution in [-0.4, -0.2) is 0 Å². The van der Waals surface area contributed by atoms with Gasteiger partial charge in [0, 0.05) is 22.3 Å². The summed E-state index contributed by atoms with van der Waals surface area (Å²) in [7, 11) is 0. The van der Waals surface area contributed by atoms with Crippen molar-refractivity contribution in [3.05, 3.63) is 130 Å². The molecule has 0 atom stereocenters. The van der Waals surface area contributed by atoms with Crippen LogP contribution in [0.15, 0.2) is 91.0 Å². The molecule has 0 aliphatic heterocycles. The largest absolute Gasteiger partial charge is 0.0654 e. The van der Waals surface area contributed by atoms with Gasteiger partial charge in [-0.1, -0.05) is 113 Å². The molecule has 0 bridgehead atoms. The van der Waals surface area contributed by atoms with Crippen LogP contribution >= 0.6 is 0 Å². The second kappa shape index (κ2) is 14.8. The Morgan fingerprint density at radius 3 is 1.56 bits per heavy atom. The quantitative estimate of drug-likeness (QED) is 0.156. The molecular weight excluding hydrogens is 468 g/mol. The molecular formula is C39H40. The van der Waals surface area contributed by atoms with Gasteiger partial charge in [-0.05, 0) is 102 Å². The van der Waals surface area contributed by atoms with Gasteiger partial charge in [0.1, 0.15) is 0 Å². The second-order valence-corrected chi connectivity index (χ2v) is 10.3. The van der Waals surface area contributed by atoms with Crippen molar-refractivity contribution in [1.82, 2.24) is 0 Å². The Balaban J connectivity index is 1.41. The minimum Gasteiger partial charge on any atom is -0.0654 e. The number of hydrogen-bond donors (Lipinski definition) is 0. The van der Waals surface area contributed by atoms with Gasteiger partial charge in [0.05, 0.1) is 0 Å². The molecule has 0 aromatic heterocycles. The number of aryl methyl sites for hydroxylation is 3. The molecule has 196 valence electrons. The van der Waals surface area contributed by atoms with Gasteiger partial charge in [-0.3, -0.25) is 0 Å². The molecule has 4 aromatic rings. The lowest BCUT2D eigenvalue weighted by Crippen LogP contribution is -1.90. The summed E-state index contributed by atoms with van der Waals surface area (Å²) in [5.74, 6) is 13.4. The maximum atomic E-state index is 3.40. The molecule has 0 fully saturated rings. The Hall–Kier alpha value is -4.00. The lowest BCUT2D eigenvalue weighted by molar-refractivity contribution is 0.667. The van der Waals surface area contributed by atoms with E-state index in [-0.39, 0.29) is 0 Å².